The Morgan fingerprint density at radius 1 is 1.11 bits per heavy atom. The van der Waals surface area contributed by atoms with E-state index >= 15 is 0 Å². The molecule has 8 heteroatoms. The molecule has 1 fully saturated rings. The van der Waals surface area contributed by atoms with E-state index in [1.165, 1.54) is 0 Å². The maximum absolute atomic E-state index is 9.67. The number of aliphatic hydroxyl groups is 4. The molecule has 8 nitrogen and oxygen atoms in total. The van der Waals surface area contributed by atoms with Crippen molar-refractivity contribution >= 4 is 0 Å². The summed E-state index contributed by atoms with van der Waals surface area (Å²) in [7, 11) is 0. The van der Waals surface area contributed by atoms with Gasteiger partial charge in [-0.15, -0.1) is 0 Å². The highest BCUT2D eigenvalue weighted by Gasteiger charge is 2.43. The van der Waals surface area contributed by atoms with Crippen molar-refractivity contribution in [3.8, 4) is 0 Å². The third kappa shape index (κ3) is 4.93. The fraction of sp³-hybridized carbons (Fsp3) is 1.00. The predicted octanol–water partition coefficient (Wildman–Crippen LogP) is -2.27. The Balaban J connectivity index is 2.32. The minimum Gasteiger partial charge on any atom is -0.394 e. The van der Waals surface area contributed by atoms with Crippen LogP contribution in [0.4, 0.5) is 0 Å². The first-order chi connectivity index (χ1) is 8.97. The summed E-state index contributed by atoms with van der Waals surface area (Å²) in [6, 6.07) is 0.173. The highest BCUT2D eigenvalue weighted by Crippen LogP contribution is 2.21. The van der Waals surface area contributed by atoms with Crippen LogP contribution < -0.4 is 5.48 Å². The molecule has 0 aromatic rings. The molecule has 0 amide bonds. The summed E-state index contributed by atoms with van der Waals surface area (Å²) in [6.45, 7) is 3.71. The van der Waals surface area contributed by atoms with Crippen LogP contribution in [0.2, 0.25) is 0 Å². The molecule has 2 unspecified atom stereocenters. The Kier molecular flexibility index (Phi) is 7.11. The van der Waals surface area contributed by atoms with Crippen molar-refractivity contribution in [3.05, 3.63) is 0 Å². The van der Waals surface area contributed by atoms with Crippen LogP contribution >= 0.6 is 0 Å². The summed E-state index contributed by atoms with van der Waals surface area (Å²) in [5, 5.41) is 37.7. The smallest absolute Gasteiger partial charge is 0.186 e. The van der Waals surface area contributed by atoms with Crippen LogP contribution in [0.1, 0.15) is 13.8 Å². The Hall–Kier alpha value is -0.320. The molecule has 0 aliphatic carbocycles. The summed E-state index contributed by atoms with van der Waals surface area (Å²) in [5.74, 6) is 0. The third-order valence-electron chi connectivity index (χ3n) is 2.63. The second-order valence-corrected chi connectivity index (χ2v) is 4.69. The van der Waals surface area contributed by atoms with Crippen LogP contribution in [0.15, 0.2) is 0 Å². The second-order valence-electron chi connectivity index (χ2n) is 4.69. The first kappa shape index (κ1) is 16.7. The van der Waals surface area contributed by atoms with E-state index in [0.29, 0.717) is 0 Å². The zero-order valence-corrected chi connectivity index (χ0v) is 11.1. The van der Waals surface area contributed by atoms with E-state index in [1.807, 2.05) is 13.8 Å². The zero-order valence-electron chi connectivity index (χ0n) is 11.1. The van der Waals surface area contributed by atoms with E-state index in [1.54, 1.807) is 0 Å². The number of ether oxygens (including phenoxy) is 2. The molecule has 0 bridgehead atoms. The van der Waals surface area contributed by atoms with E-state index in [-0.39, 0.29) is 19.3 Å². The Morgan fingerprint density at radius 3 is 2.37 bits per heavy atom. The molecule has 0 radical (unpaired) electrons. The summed E-state index contributed by atoms with van der Waals surface area (Å²) in [6.07, 6.45) is -6.25. The first-order valence-electron chi connectivity index (χ1n) is 6.26. The van der Waals surface area contributed by atoms with Gasteiger partial charge in [0.15, 0.2) is 6.29 Å². The lowest BCUT2D eigenvalue weighted by atomic mass is 9.99. The molecule has 1 aliphatic heterocycles. The van der Waals surface area contributed by atoms with Crippen molar-refractivity contribution in [1.82, 2.24) is 5.48 Å². The van der Waals surface area contributed by atoms with Gasteiger partial charge in [0, 0.05) is 6.04 Å². The Bertz CT molecular complexity index is 251. The summed E-state index contributed by atoms with van der Waals surface area (Å²) < 4.78 is 10.4. The van der Waals surface area contributed by atoms with Gasteiger partial charge in [-0.2, -0.15) is 5.48 Å². The van der Waals surface area contributed by atoms with Crippen molar-refractivity contribution in [2.24, 2.45) is 0 Å². The number of hydrogen-bond acceptors (Lipinski definition) is 8. The van der Waals surface area contributed by atoms with Crippen LogP contribution in [-0.4, -0.2) is 77.0 Å². The van der Waals surface area contributed by atoms with Gasteiger partial charge in [0.05, 0.1) is 19.8 Å². The minimum atomic E-state index is -1.43. The van der Waals surface area contributed by atoms with Crippen molar-refractivity contribution in [3.63, 3.8) is 0 Å². The fourth-order valence-corrected chi connectivity index (χ4v) is 1.64. The van der Waals surface area contributed by atoms with Crippen molar-refractivity contribution in [2.75, 3.05) is 19.8 Å². The fourth-order valence-electron chi connectivity index (χ4n) is 1.64. The lowest BCUT2D eigenvalue weighted by molar-refractivity contribution is -0.303. The number of nitrogens with one attached hydrogen (secondary N) is 1. The van der Waals surface area contributed by atoms with E-state index in [2.05, 4.69) is 5.48 Å². The molecule has 0 aromatic heterocycles. The van der Waals surface area contributed by atoms with Crippen LogP contribution in [0.5, 0.6) is 0 Å². The van der Waals surface area contributed by atoms with Gasteiger partial charge in [0.25, 0.3) is 0 Å². The van der Waals surface area contributed by atoms with Crippen molar-refractivity contribution < 1.29 is 34.7 Å². The maximum atomic E-state index is 9.67. The zero-order chi connectivity index (χ0) is 14.4. The third-order valence-corrected chi connectivity index (χ3v) is 2.63. The van der Waals surface area contributed by atoms with E-state index in [9.17, 15) is 15.3 Å². The average molecular weight is 281 g/mol. The SMILES string of the molecule is CC(C)NOCCOC1OC(CO)[C@@H](O)[C@H](O)[C@@H]1O. The van der Waals surface area contributed by atoms with Crippen LogP contribution in [0, 0.1) is 0 Å². The number of hydroxylamine groups is 1. The summed E-state index contributed by atoms with van der Waals surface area (Å²) in [4.78, 5) is 5.05. The molecular formula is C11H23NO7. The Labute approximate surface area is 111 Å². The average Bonchev–Trinajstić information content (AvgIpc) is 2.37. The molecule has 1 aliphatic rings. The van der Waals surface area contributed by atoms with Crippen molar-refractivity contribution in [2.45, 2.75) is 50.6 Å². The molecule has 1 rings (SSSR count). The quantitative estimate of drug-likeness (QED) is 0.262. The lowest BCUT2D eigenvalue weighted by Gasteiger charge is -2.39. The summed E-state index contributed by atoms with van der Waals surface area (Å²) >= 11 is 0. The standard InChI is InChI=1S/C11H23NO7/c1-6(2)12-18-4-3-17-11-10(16)9(15)8(14)7(5-13)19-11/h6-16H,3-5H2,1-2H3/t7?,8-,9+,10+,11?/m1/s1. The maximum Gasteiger partial charge on any atom is 0.186 e. The Morgan fingerprint density at radius 2 is 1.79 bits per heavy atom. The lowest BCUT2D eigenvalue weighted by Crippen LogP contribution is -2.59. The molecule has 19 heavy (non-hydrogen) atoms. The van der Waals surface area contributed by atoms with Gasteiger partial charge in [0.1, 0.15) is 24.4 Å². The molecule has 1 heterocycles. The van der Waals surface area contributed by atoms with Gasteiger partial charge in [-0.1, -0.05) is 0 Å². The largest absolute Gasteiger partial charge is 0.394 e. The molecule has 5 N–H and O–H groups in total. The van der Waals surface area contributed by atoms with Gasteiger partial charge in [-0.25, -0.2) is 0 Å². The first-order valence-corrected chi connectivity index (χ1v) is 6.26. The molecular weight excluding hydrogens is 258 g/mol. The minimum absolute atomic E-state index is 0.127. The van der Waals surface area contributed by atoms with Gasteiger partial charge >= 0.3 is 0 Å². The highest BCUT2D eigenvalue weighted by atomic mass is 16.7. The number of rotatable bonds is 7. The van der Waals surface area contributed by atoms with Crippen LogP contribution in [-0.2, 0) is 14.3 Å². The van der Waals surface area contributed by atoms with Crippen LogP contribution in [0.3, 0.4) is 0 Å². The second kappa shape index (κ2) is 8.08. The van der Waals surface area contributed by atoms with E-state index in [0.717, 1.165) is 0 Å². The van der Waals surface area contributed by atoms with Gasteiger partial charge < -0.3 is 29.9 Å². The number of aliphatic hydroxyl groups excluding tert-OH is 4. The van der Waals surface area contributed by atoms with Gasteiger partial charge in [-0.3, -0.25) is 4.84 Å². The van der Waals surface area contributed by atoms with Gasteiger partial charge in [0.2, 0.25) is 0 Å². The molecule has 0 saturated carbocycles. The molecule has 1 saturated heterocycles. The molecule has 114 valence electrons. The monoisotopic (exact) mass is 281 g/mol. The molecule has 0 aromatic carbocycles. The normalized spacial score (nSPS) is 35.8. The number of hydrogen-bond donors (Lipinski definition) is 5. The van der Waals surface area contributed by atoms with Crippen molar-refractivity contribution in [1.29, 1.82) is 0 Å². The van der Waals surface area contributed by atoms with E-state index in [4.69, 9.17) is 19.4 Å². The molecule has 0 spiro atoms. The van der Waals surface area contributed by atoms with Crippen LogP contribution in [0.25, 0.3) is 0 Å². The molecule has 5 atom stereocenters. The highest BCUT2D eigenvalue weighted by molar-refractivity contribution is 4.88. The van der Waals surface area contributed by atoms with E-state index < -0.39 is 37.3 Å². The predicted molar refractivity (Wildman–Crippen MR) is 63.9 cm³/mol. The summed E-state index contributed by atoms with van der Waals surface area (Å²) in [5.41, 5.74) is 2.72. The topological polar surface area (TPSA) is 121 Å². The van der Waals surface area contributed by atoms with Gasteiger partial charge in [-0.05, 0) is 13.8 Å².